The molecule has 0 aliphatic rings. The van der Waals surface area contributed by atoms with Gasteiger partial charge in [0.25, 0.3) is 0 Å². The zero-order valence-corrected chi connectivity index (χ0v) is 21.2. The molecule has 0 heterocycles. The number of benzene rings is 2. The molecule has 0 saturated heterocycles. The predicted octanol–water partition coefficient (Wildman–Crippen LogP) is 4.44. The monoisotopic (exact) mass is 487 g/mol. The lowest BCUT2D eigenvalue weighted by Gasteiger charge is -2.19. The van der Waals surface area contributed by atoms with E-state index < -0.39 is 27.7 Å². The van der Waals surface area contributed by atoms with E-state index >= 15 is 0 Å². The second kappa shape index (κ2) is 12.4. The predicted molar refractivity (Wildman–Crippen MR) is 132 cm³/mol. The zero-order chi connectivity index (χ0) is 25.3. The molecular formula is C26H33NO6S. The minimum atomic E-state index is -3.84. The zero-order valence-electron chi connectivity index (χ0n) is 20.4. The molecule has 184 valence electrons. The van der Waals surface area contributed by atoms with Crippen molar-refractivity contribution in [3.8, 4) is 5.75 Å². The molecule has 0 saturated carbocycles. The molecular weight excluding hydrogens is 454 g/mol. The van der Waals surface area contributed by atoms with E-state index in [0.29, 0.717) is 29.8 Å². The molecule has 1 atom stereocenters. The molecule has 34 heavy (non-hydrogen) atoms. The normalized spacial score (nSPS) is 12.7. The second-order valence-corrected chi connectivity index (χ2v) is 9.93. The van der Waals surface area contributed by atoms with Crippen LogP contribution in [0.2, 0.25) is 0 Å². The third-order valence-corrected chi connectivity index (χ3v) is 7.66. The average Bonchev–Trinajstić information content (AvgIpc) is 2.83. The van der Waals surface area contributed by atoms with Crippen LogP contribution in [0.25, 0.3) is 5.57 Å². The Bertz CT molecular complexity index is 1120. The Morgan fingerprint density at radius 2 is 1.68 bits per heavy atom. The highest BCUT2D eigenvalue weighted by atomic mass is 32.2. The average molecular weight is 488 g/mol. The molecule has 0 radical (unpaired) electrons. The maximum Gasteiger partial charge on any atom is 0.344 e. The molecule has 0 N–H and O–H groups in total. The van der Waals surface area contributed by atoms with Gasteiger partial charge in [-0.3, -0.25) is 4.79 Å². The smallest absolute Gasteiger partial charge is 0.344 e. The number of hydrogen-bond acceptors (Lipinski definition) is 6. The second-order valence-electron chi connectivity index (χ2n) is 7.69. The van der Waals surface area contributed by atoms with Gasteiger partial charge in [-0.05, 0) is 63.5 Å². The number of allylic oxidation sites excluding steroid dienone is 1. The number of rotatable bonds is 11. The number of nitrogens with zero attached hydrogens (tertiary/aromatic N) is 1. The molecule has 8 heteroatoms. The molecule has 2 aromatic carbocycles. The van der Waals surface area contributed by atoms with E-state index in [1.54, 1.807) is 62.1 Å². The molecule has 0 fully saturated rings. The summed E-state index contributed by atoms with van der Waals surface area (Å²) in [5.74, 6) is -0.696. The Morgan fingerprint density at radius 1 is 1.03 bits per heavy atom. The van der Waals surface area contributed by atoms with Gasteiger partial charge < -0.3 is 14.4 Å². The van der Waals surface area contributed by atoms with Crippen molar-refractivity contribution in [1.82, 2.24) is 4.90 Å². The van der Waals surface area contributed by atoms with Crippen molar-refractivity contribution in [1.29, 1.82) is 0 Å². The van der Waals surface area contributed by atoms with Gasteiger partial charge in [0.05, 0.1) is 11.9 Å². The lowest BCUT2D eigenvalue weighted by Crippen LogP contribution is -2.28. The highest BCUT2D eigenvalue weighted by molar-refractivity contribution is 7.91. The van der Waals surface area contributed by atoms with Crippen LogP contribution in [0.4, 0.5) is 0 Å². The maximum atomic E-state index is 13.5. The Balaban J connectivity index is 2.50. The van der Waals surface area contributed by atoms with Crippen molar-refractivity contribution in [3.63, 3.8) is 0 Å². The van der Waals surface area contributed by atoms with Gasteiger partial charge >= 0.3 is 5.97 Å². The fourth-order valence-corrected chi connectivity index (χ4v) is 4.98. The van der Waals surface area contributed by atoms with Gasteiger partial charge in [0.2, 0.25) is 5.91 Å². The van der Waals surface area contributed by atoms with E-state index in [4.69, 9.17) is 9.47 Å². The van der Waals surface area contributed by atoms with Crippen LogP contribution >= 0.6 is 0 Å². The lowest BCUT2D eigenvalue weighted by atomic mass is 10.1. The molecule has 1 unspecified atom stereocenters. The van der Waals surface area contributed by atoms with E-state index in [9.17, 15) is 18.0 Å². The molecule has 2 rings (SSSR count). The van der Waals surface area contributed by atoms with Gasteiger partial charge in [-0.2, -0.15) is 0 Å². The van der Waals surface area contributed by atoms with E-state index in [0.717, 1.165) is 0 Å². The molecule has 0 bridgehead atoms. The molecule has 0 spiro atoms. The van der Waals surface area contributed by atoms with Gasteiger partial charge in [0.15, 0.2) is 16.4 Å². The Morgan fingerprint density at radius 3 is 2.26 bits per heavy atom. The molecule has 1 amide bonds. The lowest BCUT2D eigenvalue weighted by molar-refractivity contribution is -0.145. The minimum absolute atomic E-state index is 0.0280. The van der Waals surface area contributed by atoms with Crippen LogP contribution in [0, 0.1) is 0 Å². The van der Waals surface area contributed by atoms with Crippen LogP contribution in [0.1, 0.15) is 51.0 Å². The fourth-order valence-electron chi connectivity index (χ4n) is 3.43. The first-order valence-electron chi connectivity index (χ1n) is 11.3. The van der Waals surface area contributed by atoms with Crippen molar-refractivity contribution < 1.29 is 27.5 Å². The van der Waals surface area contributed by atoms with Crippen LogP contribution < -0.4 is 4.74 Å². The first kappa shape index (κ1) is 27.1. The number of sulfone groups is 1. The molecule has 0 aliphatic heterocycles. The molecule has 0 aliphatic carbocycles. The highest BCUT2D eigenvalue weighted by Gasteiger charge is 2.29. The van der Waals surface area contributed by atoms with Crippen LogP contribution in [0.5, 0.6) is 5.75 Å². The van der Waals surface area contributed by atoms with Gasteiger partial charge in [0.1, 0.15) is 10.6 Å². The first-order chi connectivity index (χ1) is 16.1. The topological polar surface area (TPSA) is 90.0 Å². The molecule has 0 aromatic heterocycles. The number of likely N-dealkylation sites (N-methyl/N-ethyl adjacent to an activating group) is 1. The SMILES string of the molecule is CCOC(=O)COc1cc(C(C)=CC(=O)N(CC)CC)ccc1S(=O)(=O)C(C)c1ccccc1. The molecule has 2 aromatic rings. The van der Waals surface area contributed by atoms with E-state index in [1.165, 1.54) is 12.1 Å². The van der Waals surface area contributed by atoms with Crippen molar-refractivity contribution in [2.45, 2.75) is 44.8 Å². The summed E-state index contributed by atoms with van der Waals surface area (Å²) in [7, 11) is -3.84. The quantitative estimate of drug-likeness (QED) is 0.344. The minimum Gasteiger partial charge on any atom is -0.481 e. The van der Waals surface area contributed by atoms with Crippen LogP contribution in [0.15, 0.2) is 59.5 Å². The van der Waals surface area contributed by atoms with Crippen molar-refractivity contribution >= 4 is 27.3 Å². The largest absolute Gasteiger partial charge is 0.481 e. The molecule has 7 nitrogen and oxygen atoms in total. The summed E-state index contributed by atoms with van der Waals surface area (Å²) in [5.41, 5.74) is 1.91. The van der Waals surface area contributed by atoms with E-state index in [1.807, 2.05) is 19.9 Å². The number of ether oxygens (including phenoxy) is 2. The summed E-state index contributed by atoms with van der Waals surface area (Å²) in [4.78, 5) is 26.0. The summed E-state index contributed by atoms with van der Waals surface area (Å²) >= 11 is 0. The number of carbonyl (C=O) groups is 2. The van der Waals surface area contributed by atoms with Crippen molar-refractivity contribution in [3.05, 3.63) is 65.7 Å². The van der Waals surface area contributed by atoms with E-state index in [-0.39, 0.29) is 23.2 Å². The standard InChI is InChI=1S/C26H33NO6S/c1-6-27(7-2)25(28)16-19(4)22-14-15-24(23(17-22)33-18-26(29)32-8-3)34(30,31)20(5)21-12-10-9-11-13-21/h9-17,20H,6-8,18H2,1-5H3. The van der Waals surface area contributed by atoms with Crippen molar-refractivity contribution in [2.24, 2.45) is 0 Å². The summed E-state index contributed by atoms with van der Waals surface area (Å²) < 4.78 is 37.5. The van der Waals surface area contributed by atoms with Crippen molar-refractivity contribution in [2.75, 3.05) is 26.3 Å². The summed E-state index contributed by atoms with van der Waals surface area (Å²) in [6, 6.07) is 13.5. The third kappa shape index (κ3) is 6.70. The third-order valence-electron chi connectivity index (χ3n) is 5.51. The Kier molecular flexibility index (Phi) is 9.86. The number of hydrogen-bond donors (Lipinski definition) is 0. The van der Waals surface area contributed by atoms with E-state index in [2.05, 4.69) is 0 Å². The fraction of sp³-hybridized carbons (Fsp3) is 0.385. The van der Waals surface area contributed by atoms with Crippen LogP contribution in [0.3, 0.4) is 0 Å². The maximum absolute atomic E-state index is 13.5. The van der Waals surface area contributed by atoms with Gasteiger partial charge in [-0.1, -0.05) is 36.4 Å². The Hall–Kier alpha value is -3.13. The number of amides is 1. The van der Waals surface area contributed by atoms with Gasteiger partial charge in [-0.15, -0.1) is 0 Å². The Labute approximate surface area is 202 Å². The van der Waals surface area contributed by atoms with Gasteiger partial charge in [-0.25, -0.2) is 13.2 Å². The first-order valence-corrected chi connectivity index (χ1v) is 12.9. The van der Waals surface area contributed by atoms with Crippen LogP contribution in [-0.2, 0) is 24.2 Å². The summed E-state index contributed by atoms with van der Waals surface area (Å²) in [6.45, 7) is 9.79. The van der Waals surface area contributed by atoms with Crippen LogP contribution in [-0.4, -0.2) is 51.5 Å². The van der Waals surface area contributed by atoms with Gasteiger partial charge in [0, 0.05) is 19.2 Å². The highest BCUT2D eigenvalue weighted by Crippen LogP contribution is 2.35. The number of carbonyl (C=O) groups excluding carboxylic acids is 2. The number of esters is 1. The summed E-state index contributed by atoms with van der Waals surface area (Å²) in [6.07, 6.45) is 1.51. The summed E-state index contributed by atoms with van der Waals surface area (Å²) in [5, 5.41) is -0.828.